The van der Waals surface area contributed by atoms with Gasteiger partial charge in [-0.1, -0.05) is 30.3 Å². The summed E-state index contributed by atoms with van der Waals surface area (Å²) in [6, 6.07) is 9.46. The van der Waals surface area contributed by atoms with E-state index >= 15 is 0 Å². The van der Waals surface area contributed by atoms with Gasteiger partial charge >= 0.3 is 0 Å². The molecule has 0 spiro atoms. The molecule has 0 radical (unpaired) electrons. The molecule has 0 aliphatic carbocycles. The summed E-state index contributed by atoms with van der Waals surface area (Å²) in [6.07, 6.45) is 0. The highest BCUT2D eigenvalue weighted by molar-refractivity contribution is 7.15. The highest BCUT2D eigenvalue weighted by Crippen LogP contribution is 2.34. The SMILES string of the molecule is Cc1sc(-c2ccccc2)nc1C1=C(O)C(C)NC1=O. The van der Waals surface area contributed by atoms with E-state index in [0.29, 0.717) is 11.3 Å². The van der Waals surface area contributed by atoms with Crippen molar-refractivity contribution in [3.63, 3.8) is 0 Å². The summed E-state index contributed by atoms with van der Waals surface area (Å²) >= 11 is 1.52. The zero-order valence-corrected chi connectivity index (χ0v) is 12.0. The summed E-state index contributed by atoms with van der Waals surface area (Å²) in [6.45, 7) is 3.66. The van der Waals surface area contributed by atoms with Crippen molar-refractivity contribution in [1.82, 2.24) is 10.3 Å². The second kappa shape index (κ2) is 4.76. The number of aromatic nitrogens is 1. The van der Waals surface area contributed by atoms with Gasteiger partial charge in [-0.2, -0.15) is 0 Å². The van der Waals surface area contributed by atoms with E-state index in [-0.39, 0.29) is 17.7 Å². The van der Waals surface area contributed by atoms with E-state index in [4.69, 9.17) is 0 Å². The van der Waals surface area contributed by atoms with E-state index in [9.17, 15) is 9.90 Å². The lowest BCUT2D eigenvalue weighted by Crippen LogP contribution is -2.25. The quantitative estimate of drug-likeness (QED) is 0.892. The molecule has 1 aliphatic rings. The number of aliphatic hydroxyl groups excluding tert-OH is 1. The van der Waals surface area contributed by atoms with Crippen LogP contribution < -0.4 is 5.32 Å². The Morgan fingerprint density at radius 2 is 2.00 bits per heavy atom. The number of aryl methyl sites for hydroxylation is 1. The molecule has 20 heavy (non-hydrogen) atoms. The number of carbonyl (C=O) groups excluding carboxylic acids is 1. The Balaban J connectivity index is 2.09. The lowest BCUT2D eigenvalue weighted by molar-refractivity contribution is -0.115. The van der Waals surface area contributed by atoms with Crippen LogP contribution in [0.2, 0.25) is 0 Å². The van der Waals surface area contributed by atoms with Crippen LogP contribution in [0, 0.1) is 6.92 Å². The summed E-state index contributed by atoms with van der Waals surface area (Å²) in [5.41, 5.74) is 1.89. The van der Waals surface area contributed by atoms with E-state index in [1.165, 1.54) is 11.3 Å². The Morgan fingerprint density at radius 1 is 1.30 bits per heavy atom. The van der Waals surface area contributed by atoms with Crippen LogP contribution in [0.25, 0.3) is 16.1 Å². The fourth-order valence-corrected chi connectivity index (χ4v) is 3.16. The first kappa shape index (κ1) is 12.9. The van der Waals surface area contributed by atoms with Crippen LogP contribution in [-0.4, -0.2) is 22.0 Å². The molecule has 102 valence electrons. The van der Waals surface area contributed by atoms with Crippen LogP contribution in [-0.2, 0) is 4.79 Å². The van der Waals surface area contributed by atoms with Crippen LogP contribution in [0.1, 0.15) is 17.5 Å². The monoisotopic (exact) mass is 286 g/mol. The Bertz CT molecular complexity index is 704. The summed E-state index contributed by atoms with van der Waals surface area (Å²) in [5.74, 6) is -0.189. The molecule has 5 heteroatoms. The Kier molecular flexibility index (Phi) is 3.06. The van der Waals surface area contributed by atoms with E-state index < -0.39 is 0 Å². The topological polar surface area (TPSA) is 62.2 Å². The third kappa shape index (κ3) is 2.00. The van der Waals surface area contributed by atoms with Gasteiger partial charge < -0.3 is 10.4 Å². The van der Waals surface area contributed by atoms with Crippen LogP contribution in [0.4, 0.5) is 0 Å². The standard InChI is InChI=1S/C15H14N2O2S/c1-8-13(18)11(14(19)16-8)12-9(2)20-15(17-12)10-6-4-3-5-7-10/h3-8,18H,1-2H3,(H,16,19). The maximum Gasteiger partial charge on any atom is 0.257 e. The highest BCUT2D eigenvalue weighted by atomic mass is 32.1. The number of amides is 1. The van der Waals surface area contributed by atoms with Gasteiger partial charge in [-0.05, 0) is 13.8 Å². The van der Waals surface area contributed by atoms with E-state index in [2.05, 4.69) is 10.3 Å². The second-order valence-electron chi connectivity index (χ2n) is 4.75. The van der Waals surface area contributed by atoms with Crippen molar-refractivity contribution in [2.45, 2.75) is 19.9 Å². The number of nitrogens with zero attached hydrogens (tertiary/aromatic N) is 1. The van der Waals surface area contributed by atoms with Crippen molar-refractivity contribution in [3.8, 4) is 10.6 Å². The third-order valence-corrected chi connectivity index (χ3v) is 4.31. The van der Waals surface area contributed by atoms with Gasteiger partial charge in [0.15, 0.2) is 0 Å². The normalized spacial score (nSPS) is 18.5. The minimum Gasteiger partial charge on any atom is -0.509 e. The molecule has 1 aromatic carbocycles. The molecule has 1 amide bonds. The molecule has 3 rings (SSSR count). The second-order valence-corrected chi connectivity index (χ2v) is 5.95. The first-order valence-corrected chi connectivity index (χ1v) is 7.17. The lowest BCUT2D eigenvalue weighted by Gasteiger charge is -2.00. The molecule has 2 heterocycles. The number of thiazole rings is 1. The third-order valence-electron chi connectivity index (χ3n) is 3.30. The summed E-state index contributed by atoms with van der Waals surface area (Å²) < 4.78 is 0. The molecule has 1 atom stereocenters. The summed E-state index contributed by atoms with van der Waals surface area (Å²) in [4.78, 5) is 17.4. The molecule has 1 aliphatic heterocycles. The smallest absolute Gasteiger partial charge is 0.257 e. The maximum atomic E-state index is 11.9. The molecule has 0 bridgehead atoms. The van der Waals surface area contributed by atoms with Crippen molar-refractivity contribution in [3.05, 3.63) is 46.7 Å². The zero-order chi connectivity index (χ0) is 14.3. The first-order valence-electron chi connectivity index (χ1n) is 6.35. The van der Waals surface area contributed by atoms with Crippen LogP contribution in [0.5, 0.6) is 0 Å². The van der Waals surface area contributed by atoms with Gasteiger partial charge in [0.05, 0.1) is 11.7 Å². The lowest BCUT2D eigenvalue weighted by atomic mass is 10.1. The molecule has 0 saturated heterocycles. The van der Waals surface area contributed by atoms with E-state index in [1.54, 1.807) is 6.92 Å². The molecule has 4 nitrogen and oxygen atoms in total. The van der Waals surface area contributed by atoms with Crippen molar-refractivity contribution in [2.24, 2.45) is 0 Å². The minimum atomic E-state index is -0.348. The predicted molar refractivity (Wildman–Crippen MR) is 79.4 cm³/mol. The average molecular weight is 286 g/mol. The van der Waals surface area contributed by atoms with Crippen molar-refractivity contribution in [1.29, 1.82) is 0 Å². The molecule has 1 unspecified atom stereocenters. The first-order chi connectivity index (χ1) is 9.58. The van der Waals surface area contributed by atoms with E-state index in [0.717, 1.165) is 15.4 Å². The molecule has 2 aromatic rings. The predicted octanol–water partition coefficient (Wildman–Crippen LogP) is 2.91. The fourth-order valence-electron chi connectivity index (χ4n) is 2.23. The van der Waals surface area contributed by atoms with Gasteiger partial charge in [0.2, 0.25) is 0 Å². The Morgan fingerprint density at radius 3 is 2.60 bits per heavy atom. The van der Waals surface area contributed by atoms with E-state index in [1.807, 2.05) is 37.3 Å². The summed E-state index contributed by atoms with van der Waals surface area (Å²) in [5, 5.41) is 13.6. The van der Waals surface area contributed by atoms with Gasteiger partial charge in [-0.15, -0.1) is 11.3 Å². The number of rotatable bonds is 2. The molecular formula is C15H14N2O2S. The van der Waals surface area contributed by atoms with Gasteiger partial charge in [0.25, 0.3) is 5.91 Å². The van der Waals surface area contributed by atoms with Crippen molar-refractivity contribution >= 4 is 22.8 Å². The number of nitrogens with one attached hydrogen (secondary N) is 1. The molecular weight excluding hydrogens is 272 g/mol. The molecule has 2 N–H and O–H groups in total. The Labute approximate surface area is 120 Å². The number of hydrogen-bond donors (Lipinski definition) is 2. The number of carbonyl (C=O) groups is 1. The largest absolute Gasteiger partial charge is 0.509 e. The average Bonchev–Trinajstić information content (AvgIpc) is 2.92. The molecule has 1 aromatic heterocycles. The maximum absolute atomic E-state index is 11.9. The van der Waals surface area contributed by atoms with Crippen LogP contribution in [0.15, 0.2) is 36.1 Å². The van der Waals surface area contributed by atoms with Gasteiger partial charge in [0, 0.05) is 10.4 Å². The summed E-state index contributed by atoms with van der Waals surface area (Å²) in [7, 11) is 0. The van der Waals surface area contributed by atoms with Crippen LogP contribution in [0.3, 0.4) is 0 Å². The fraction of sp³-hybridized carbons (Fsp3) is 0.200. The highest BCUT2D eigenvalue weighted by Gasteiger charge is 2.32. The van der Waals surface area contributed by atoms with Crippen LogP contribution >= 0.6 is 11.3 Å². The number of benzene rings is 1. The molecule has 0 saturated carbocycles. The number of aliphatic hydroxyl groups is 1. The van der Waals surface area contributed by atoms with Crippen molar-refractivity contribution < 1.29 is 9.90 Å². The molecule has 0 fully saturated rings. The van der Waals surface area contributed by atoms with Gasteiger partial charge in [-0.3, -0.25) is 4.79 Å². The Hall–Kier alpha value is -2.14. The van der Waals surface area contributed by atoms with Crippen molar-refractivity contribution in [2.75, 3.05) is 0 Å². The van der Waals surface area contributed by atoms with Gasteiger partial charge in [0.1, 0.15) is 16.3 Å². The van der Waals surface area contributed by atoms with Gasteiger partial charge in [-0.25, -0.2) is 4.98 Å². The number of hydrogen-bond acceptors (Lipinski definition) is 4. The zero-order valence-electron chi connectivity index (χ0n) is 11.2. The minimum absolute atomic E-state index is 0.0722.